The molecular formula is C26H38N2O4Si. The quantitative estimate of drug-likeness (QED) is 0.358. The summed E-state index contributed by atoms with van der Waals surface area (Å²) in [6.45, 7) is 13.4. The first-order chi connectivity index (χ1) is 15.5. The highest BCUT2D eigenvalue weighted by Crippen LogP contribution is 2.37. The lowest BCUT2D eigenvalue weighted by Crippen LogP contribution is -2.44. The van der Waals surface area contributed by atoms with Gasteiger partial charge in [0.25, 0.3) is 0 Å². The fraction of sp³-hybridized carbons (Fsp3) is 0.462. The van der Waals surface area contributed by atoms with E-state index in [1.54, 1.807) is 0 Å². The summed E-state index contributed by atoms with van der Waals surface area (Å²) in [5.74, 6) is -0.641. The Balaban J connectivity index is 2.16. The molecule has 0 saturated heterocycles. The Labute approximate surface area is 199 Å². The van der Waals surface area contributed by atoms with Crippen LogP contribution in [0.3, 0.4) is 0 Å². The summed E-state index contributed by atoms with van der Waals surface area (Å²) in [5, 5.41) is 6.31. The number of hydrogen-bond donors (Lipinski definition) is 2. The lowest BCUT2D eigenvalue weighted by Gasteiger charge is -2.36. The molecule has 0 fully saturated rings. The van der Waals surface area contributed by atoms with Crippen molar-refractivity contribution in [1.82, 2.24) is 5.32 Å². The van der Waals surface area contributed by atoms with Gasteiger partial charge in [0, 0.05) is 5.69 Å². The Hall–Kier alpha value is -2.48. The maximum atomic E-state index is 13.2. The summed E-state index contributed by atoms with van der Waals surface area (Å²) in [5.41, 5.74) is 2.40. The molecule has 0 aliphatic carbocycles. The van der Waals surface area contributed by atoms with Crippen LogP contribution in [-0.2, 0) is 25.4 Å². The molecule has 6 nitrogen and oxygen atoms in total. The van der Waals surface area contributed by atoms with Gasteiger partial charge < -0.3 is 14.5 Å². The summed E-state index contributed by atoms with van der Waals surface area (Å²) in [4.78, 5) is 25.6. The molecule has 0 bridgehead atoms. The van der Waals surface area contributed by atoms with Crippen molar-refractivity contribution < 1.29 is 18.8 Å². The molecule has 2 unspecified atom stereocenters. The number of hydrogen-bond acceptors (Lipinski definition) is 5. The minimum atomic E-state index is -1.93. The van der Waals surface area contributed by atoms with Gasteiger partial charge in [0.1, 0.15) is 6.04 Å². The van der Waals surface area contributed by atoms with Crippen LogP contribution in [-0.4, -0.2) is 33.3 Å². The van der Waals surface area contributed by atoms with E-state index in [1.807, 2.05) is 61.5 Å². The normalized spacial score (nSPS) is 13.8. The van der Waals surface area contributed by atoms with Crippen molar-refractivity contribution >= 4 is 25.9 Å². The van der Waals surface area contributed by atoms with E-state index in [4.69, 9.17) is 9.16 Å². The zero-order chi connectivity index (χ0) is 24.6. The van der Waals surface area contributed by atoms with Crippen LogP contribution in [0.4, 0.5) is 5.69 Å². The largest absolute Gasteiger partial charge is 0.468 e. The second kappa shape index (κ2) is 11.6. The number of rotatable bonds is 10. The molecule has 7 heteroatoms. The fourth-order valence-corrected chi connectivity index (χ4v) is 4.06. The Bertz CT molecular complexity index is 925. The molecule has 2 N–H and O–H groups in total. The Morgan fingerprint density at radius 2 is 1.61 bits per heavy atom. The third-order valence-corrected chi connectivity index (χ3v) is 10.8. The number of ether oxygens (including phenoxy) is 1. The number of para-hydroxylation sites is 1. The number of carbonyl (C=O) groups is 2. The zero-order valence-electron chi connectivity index (χ0n) is 20.9. The average molecular weight is 471 g/mol. The van der Waals surface area contributed by atoms with E-state index in [9.17, 15) is 9.59 Å². The second-order valence-corrected chi connectivity index (χ2v) is 14.5. The number of anilines is 1. The zero-order valence-corrected chi connectivity index (χ0v) is 21.9. The van der Waals surface area contributed by atoms with Gasteiger partial charge >= 0.3 is 5.97 Å². The molecule has 0 spiro atoms. The monoisotopic (exact) mass is 470 g/mol. The second-order valence-electron chi connectivity index (χ2n) is 9.69. The Kier molecular flexibility index (Phi) is 9.40. The molecule has 0 saturated carbocycles. The molecule has 0 heterocycles. The Morgan fingerprint density at radius 3 is 2.18 bits per heavy atom. The van der Waals surface area contributed by atoms with Gasteiger partial charge in [0.15, 0.2) is 8.32 Å². The van der Waals surface area contributed by atoms with Crippen LogP contribution in [0.2, 0.25) is 18.1 Å². The van der Waals surface area contributed by atoms with E-state index in [0.29, 0.717) is 13.0 Å². The molecule has 0 radical (unpaired) electrons. The predicted octanol–water partition coefficient (Wildman–Crippen LogP) is 5.43. The van der Waals surface area contributed by atoms with Crippen molar-refractivity contribution in [3.8, 4) is 0 Å². The SMILES string of the molecule is CCC(NC(C(=O)OC)c1ccccc1)C(=O)Nc1ccccc1CO[Si](C)(C)C(C)(C)C. The van der Waals surface area contributed by atoms with Crippen molar-refractivity contribution in [3.05, 3.63) is 65.7 Å². The Morgan fingerprint density at radius 1 is 1.00 bits per heavy atom. The molecule has 1 amide bonds. The number of nitrogens with one attached hydrogen (secondary N) is 2. The van der Waals surface area contributed by atoms with E-state index in [1.165, 1.54) is 7.11 Å². The number of esters is 1. The average Bonchev–Trinajstić information content (AvgIpc) is 2.78. The standard InChI is InChI=1S/C26H38N2O4Si/c1-8-21(27-23(25(30)31-5)19-14-10-9-11-15-19)24(29)28-22-17-13-12-16-20(22)18-32-33(6,7)26(2,3)4/h9-17,21,23,27H,8,18H2,1-7H3,(H,28,29). The van der Waals surface area contributed by atoms with Crippen molar-refractivity contribution in [2.75, 3.05) is 12.4 Å². The van der Waals surface area contributed by atoms with E-state index >= 15 is 0 Å². The van der Waals surface area contributed by atoms with Gasteiger partial charge in [0.2, 0.25) is 5.91 Å². The maximum Gasteiger partial charge on any atom is 0.327 e. The van der Waals surface area contributed by atoms with Crippen LogP contribution in [0, 0.1) is 0 Å². The highest BCUT2D eigenvalue weighted by Gasteiger charge is 2.37. The van der Waals surface area contributed by atoms with Crippen molar-refractivity contribution in [1.29, 1.82) is 0 Å². The van der Waals surface area contributed by atoms with Gasteiger partial charge in [-0.05, 0) is 41.7 Å². The van der Waals surface area contributed by atoms with Crippen LogP contribution >= 0.6 is 0 Å². The summed E-state index contributed by atoms with van der Waals surface area (Å²) in [6, 6.07) is 15.6. The first-order valence-corrected chi connectivity index (χ1v) is 14.3. The molecule has 33 heavy (non-hydrogen) atoms. The first kappa shape index (κ1) is 26.8. The minimum Gasteiger partial charge on any atom is -0.468 e. The van der Waals surface area contributed by atoms with Gasteiger partial charge in [0.05, 0.1) is 19.8 Å². The molecule has 0 aromatic heterocycles. The molecule has 2 aromatic carbocycles. The third kappa shape index (κ3) is 7.25. The summed E-state index contributed by atoms with van der Waals surface area (Å²) < 4.78 is 11.3. The van der Waals surface area contributed by atoms with Crippen molar-refractivity contribution in [2.45, 2.75) is 70.9 Å². The highest BCUT2D eigenvalue weighted by atomic mass is 28.4. The van der Waals surface area contributed by atoms with Crippen LogP contribution in [0.15, 0.2) is 54.6 Å². The highest BCUT2D eigenvalue weighted by molar-refractivity contribution is 6.74. The number of amides is 1. The number of carbonyl (C=O) groups excluding carboxylic acids is 2. The van der Waals surface area contributed by atoms with E-state index < -0.39 is 26.4 Å². The maximum absolute atomic E-state index is 13.2. The fourth-order valence-electron chi connectivity index (χ4n) is 3.11. The molecule has 2 rings (SSSR count). The van der Waals surface area contributed by atoms with Gasteiger partial charge in [-0.3, -0.25) is 10.1 Å². The topological polar surface area (TPSA) is 76.7 Å². The van der Waals surface area contributed by atoms with E-state index in [0.717, 1.165) is 16.8 Å². The lowest BCUT2D eigenvalue weighted by atomic mass is 10.0. The smallest absolute Gasteiger partial charge is 0.327 e. The first-order valence-electron chi connectivity index (χ1n) is 11.4. The molecular weight excluding hydrogens is 432 g/mol. The minimum absolute atomic E-state index is 0.1000. The summed E-state index contributed by atoms with van der Waals surface area (Å²) in [7, 11) is -0.585. The molecule has 2 atom stereocenters. The van der Waals surface area contributed by atoms with Crippen LogP contribution in [0.25, 0.3) is 0 Å². The van der Waals surface area contributed by atoms with Crippen LogP contribution < -0.4 is 10.6 Å². The van der Waals surface area contributed by atoms with Gasteiger partial charge in [-0.25, -0.2) is 4.79 Å². The van der Waals surface area contributed by atoms with E-state index in [-0.39, 0.29) is 10.9 Å². The van der Waals surface area contributed by atoms with Crippen LogP contribution in [0.1, 0.15) is 51.3 Å². The molecule has 2 aromatic rings. The lowest BCUT2D eigenvalue weighted by molar-refractivity contribution is -0.143. The van der Waals surface area contributed by atoms with Gasteiger partial charge in [-0.2, -0.15) is 0 Å². The van der Waals surface area contributed by atoms with Crippen LogP contribution in [0.5, 0.6) is 0 Å². The molecule has 180 valence electrons. The van der Waals surface area contributed by atoms with Gasteiger partial charge in [-0.15, -0.1) is 0 Å². The van der Waals surface area contributed by atoms with Gasteiger partial charge in [-0.1, -0.05) is 76.2 Å². The number of benzene rings is 2. The molecule has 0 aliphatic rings. The number of methoxy groups -OCH3 is 1. The van der Waals surface area contributed by atoms with Crippen molar-refractivity contribution in [2.24, 2.45) is 0 Å². The summed E-state index contributed by atoms with van der Waals surface area (Å²) in [6.07, 6.45) is 0.509. The predicted molar refractivity (Wildman–Crippen MR) is 135 cm³/mol. The third-order valence-electron chi connectivity index (χ3n) is 6.33. The van der Waals surface area contributed by atoms with E-state index in [2.05, 4.69) is 44.5 Å². The van der Waals surface area contributed by atoms with Crippen molar-refractivity contribution in [3.63, 3.8) is 0 Å². The molecule has 0 aliphatic heterocycles. The summed E-state index contributed by atoms with van der Waals surface area (Å²) >= 11 is 0.